The van der Waals surface area contributed by atoms with Crippen molar-refractivity contribution in [2.24, 2.45) is 5.73 Å². The van der Waals surface area contributed by atoms with Crippen LogP contribution in [0.5, 0.6) is 0 Å². The second kappa shape index (κ2) is 8.43. The molecule has 1 aliphatic rings. The predicted octanol–water partition coefficient (Wildman–Crippen LogP) is 4.39. The summed E-state index contributed by atoms with van der Waals surface area (Å²) in [5.41, 5.74) is 9.40. The Morgan fingerprint density at radius 1 is 1.07 bits per heavy atom. The zero-order valence-electron chi connectivity index (χ0n) is 15.9. The van der Waals surface area contributed by atoms with Crippen LogP contribution in [-0.2, 0) is 4.74 Å². The molecule has 2 amide bonds. The van der Waals surface area contributed by atoms with Crippen molar-refractivity contribution < 1.29 is 14.3 Å². The average molecular weight is 377 g/mol. The monoisotopic (exact) mass is 377 g/mol. The lowest BCUT2D eigenvalue weighted by atomic mass is 9.87. The smallest absolute Gasteiger partial charge is 0.316 e. The number of amides is 2. The van der Waals surface area contributed by atoms with Crippen LogP contribution in [0.25, 0.3) is 0 Å². The minimum absolute atomic E-state index is 0.0209. The first-order valence-corrected chi connectivity index (χ1v) is 8.95. The number of urea groups is 1. The molecule has 0 saturated heterocycles. The lowest BCUT2D eigenvalue weighted by molar-refractivity contribution is 0.101. The van der Waals surface area contributed by atoms with Crippen molar-refractivity contribution in [2.75, 3.05) is 17.7 Å². The molecule has 0 heterocycles. The Balaban J connectivity index is 1.78. The number of primary amides is 1. The fourth-order valence-electron chi connectivity index (χ4n) is 3.21. The van der Waals surface area contributed by atoms with E-state index in [1.807, 2.05) is 48.6 Å². The number of nitrogens with one attached hydrogen (secondary N) is 2. The second-order valence-corrected chi connectivity index (χ2v) is 6.60. The van der Waals surface area contributed by atoms with Crippen molar-refractivity contribution in [1.82, 2.24) is 0 Å². The molecule has 0 radical (unpaired) electrons. The first-order chi connectivity index (χ1) is 13.5. The van der Waals surface area contributed by atoms with Gasteiger partial charge in [-0.3, -0.25) is 4.79 Å². The Labute approximate surface area is 164 Å². The van der Waals surface area contributed by atoms with E-state index in [9.17, 15) is 9.59 Å². The van der Waals surface area contributed by atoms with Crippen LogP contribution in [0.15, 0.2) is 72.1 Å². The number of hydrogen-bond donors (Lipinski definition) is 3. The topological polar surface area (TPSA) is 93.4 Å². The molecule has 0 spiro atoms. The van der Waals surface area contributed by atoms with Crippen LogP contribution in [-0.4, -0.2) is 18.9 Å². The van der Waals surface area contributed by atoms with Gasteiger partial charge in [-0.2, -0.15) is 0 Å². The van der Waals surface area contributed by atoms with Crippen molar-refractivity contribution in [2.45, 2.75) is 19.3 Å². The maximum atomic E-state index is 11.7. The number of hydrogen-bond acceptors (Lipinski definition) is 4. The van der Waals surface area contributed by atoms with E-state index >= 15 is 0 Å². The highest BCUT2D eigenvalue weighted by Crippen LogP contribution is 2.35. The molecule has 0 bridgehead atoms. The maximum absolute atomic E-state index is 11.7. The van der Waals surface area contributed by atoms with Gasteiger partial charge >= 0.3 is 6.03 Å². The van der Waals surface area contributed by atoms with E-state index in [1.165, 1.54) is 0 Å². The quantitative estimate of drug-likeness (QED) is 0.651. The lowest BCUT2D eigenvalue weighted by Gasteiger charge is -2.25. The molecule has 1 atom stereocenters. The number of ketones is 1. The fraction of sp³-hybridized carbons (Fsp3) is 0.182. The summed E-state index contributed by atoms with van der Waals surface area (Å²) >= 11 is 0. The summed E-state index contributed by atoms with van der Waals surface area (Å²) in [5, 5.41) is 5.93. The average Bonchev–Trinajstić information content (AvgIpc) is 2.69. The molecule has 28 heavy (non-hydrogen) atoms. The first-order valence-electron chi connectivity index (χ1n) is 8.95. The molecule has 0 aliphatic heterocycles. The second-order valence-electron chi connectivity index (χ2n) is 6.60. The molecule has 2 aromatic rings. The maximum Gasteiger partial charge on any atom is 0.316 e. The highest BCUT2D eigenvalue weighted by atomic mass is 16.5. The van der Waals surface area contributed by atoms with Gasteiger partial charge in [0, 0.05) is 35.0 Å². The summed E-state index contributed by atoms with van der Waals surface area (Å²) in [5.74, 6) is 0.916. The Hall–Kier alpha value is -3.54. The number of benzene rings is 2. The molecule has 0 saturated carbocycles. The Kier molecular flexibility index (Phi) is 5.79. The molecule has 4 N–H and O–H groups in total. The summed E-state index contributed by atoms with van der Waals surface area (Å²) in [4.78, 5) is 22.6. The van der Waals surface area contributed by atoms with Crippen molar-refractivity contribution in [1.29, 1.82) is 0 Å². The summed E-state index contributed by atoms with van der Waals surface area (Å²) in [6, 6.07) is 14.4. The summed E-state index contributed by atoms with van der Waals surface area (Å²) in [6.07, 6.45) is 4.64. The third-order valence-corrected chi connectivity index (χ3v) is 4.60. The van der Waals surface area contributed by atoms with E-state index in [4.69, 9.17) is 10.5 Å². The fourth-order valence-corrected chi connectivity index (χ4v) is 3.21. The lowest BCUT2D eigenvalue weighted by Crippen LogP contribution is -2.19. The highest BCUT2D eigenvalue weighted by molar-refractivity contribution is 5.94. The van der Waals surface area contributed by atoms with Crippen LogP contribution in [0.2, 0.25) is 0 Å². The summed E-state index contributed by atoms with van der Waals surface area (Å²) < 4.78 is 5.56. The number of carbonyl (C=O) groups excluding carboxylic acids is 2. The number of methoxy groups -OCH3 is 1. The van der Waals surface area contributed by atoms with E-state index in [2.05, 4.69) is 10.6 Å². The molecular weight excluding hydrogens is 354 g/mol. The van der Waals surface area contributed by atoms with Crippen molar-refractivity contribution >= 4 is 23.2 Å². The van der Waals surface area contributed by atoms with Gasteiger partial charge in [0.2, 0.25) is 0 Å². The number of allylic oxidation sites excluding steroid dienone is 4. The highest BCUT2D eigenvalue weighted by Gasteiger charge is 2.23. The standard InChI is InChI=1S/C22H23N3O3/c1-14(26)15-4-3-5-16(12-15)20-13-19(10-11-21(20)28-2)24-17-6-8-18(9-7-17)25-22(23)27/h3-12,20,24H,13H2,1-2H3,(H3,23,25,27). The predicted molar refractivity (Wildman–Crippen MR) is 110 cm³/mol. The van der Waals surface area contributed by atoms with Gasteiger partial charge in [0.05, 0.1) is 7.11 Å². The van der Waals surface area contributed by atoms with Gasteiger partial charge in [-0.25, -0.2) is 4.79 Å². The largest absolute Gasteiger partial charge is 0.500 e. The van der Waals surface area contributed by atoms with E-state index in [-0.39, 0.29) is 11.7 Å². The van der Waals surface area contributed by atoms with E-state index in [0.29, 0.717) is 17.7 Å². The van der Waals surface area contributed by atoms with Crippen LogP contribution in [0, 0.1) is 0 Å². The molecule has 0 aromatic heterocycles. The number of rotatable bonds is 6. The number of anilines is 2. The van der Waals surface area contributed by atoms with Gasteiger partial charge in [-0.1, -0.05) is 18.2 Å². The number of Topliss-reactive ketones (excluding diaryl/α,β-unsaturated/α-hetero) is 1. The van der Waals surface area contributed by atoms with Crippen LogP contribution in [0.4, 0.5) is 16.2 Å². The minimum atomic E-state index is -0.594. The van der Waals surface area contributed by atoms with Crippen molar-refractivity contribution in [3.05, 3.63) is 83.3 Å². The summed E-state index contributed by atoms with van der Waals surface area (Å²) in [7, 11) is 1.66. The minimum Gasteiger partial charge on any atom is -0.500 e. The van der Waals surface area contributed by atoms with Gasteiger partial charge < -0.3 is 21.1 Å². The Bertz CT molecular complexity index is 946. The molecule has 0 fully saturated rings. The van der Waals surface area contributed by atoms with Gasteiger partial charge in [0.1, 0.15) is 5.76 Å². The van der Waals surface area contributed by atoms with Crippen molar-refractivity contribution in [3.63, 3.8) is 0 Å². The molecule has 6 heteroatoms. The van der Waals surface area contributed by atoms with Crippen LogP contribution in [0.1, 0.15) is 35.2 Å². The van der Waals surface area contributed by atoms with E-state index in [0.717, 1.165) is 22.7 Å². The first kappa shape index (κ1) is 19.2. The van der Waals surface area contributed by atoms with Gasteiger partial charge in [-0.05, 0) is 55.0 Å². The Morgan fingerprint density at radius 2 is 1.79 bits per heavy atom. The van der Waals surface area contributed by atoms with Gasteiger partial charge in [0.25, 0.3) is 0 Å². The SMILES string of the molecule is COC1=CC=C(Nc2ccc(NC(N)=O)cc2)CC1c1cccc(C(C)=O)c1. The molecule has 3 rings (SSSR count). The molecule has 1 unspecified atom stereocenters. The van der Waals surface area contributed by atoms with Gasteiger partial charge in [0.15, 0.2) is 5.78 Å². The zero-order chi connectivity index (χ0) is 20.1. The third kappa shape index (κ3) is 4.59. The zero-order valence-corrected chi connectivity index (χ0v) is 15.9. The third-order valence-electron chi connectivity index (χ3n) is 4.60. The molecule has 2 aromatic carbocycles. The molecular formula is C22H23N3O3. The number of ether oxygens (including phenoxy) is 1. The van der Waals surface area contributed by atoms with E-state index < -0.39 is 6.03 Å². The van der Waals surface area contributed by atoms with Crippen LogP contribution >= 0.6 is 0 Å². The molecule has 6 nitrogen and oxygen atoms in total. The molecule has 1 aliphatic carbocycles. The van der Waals surface area contributed by atoms with E-state index in [1.54, 1.807) is 26.2 Å². The van der Waals surface area contributed by atoms with Crippen molar-refractivity contribution in [3.8, 4) is 0 Å². The summed E-state index contributed by atoms with van der Waals surface area (Å²) in [6.45, 7) is 1.57. The normalized spacial score (nSPS) is 15.9. The number of carbonyl (C=O) groups is 2. The molecule has 144 valence electrons. The Morgan fingerprint density at radius 3 is 2.43 bits per heavy atom. The van der Waals surface area contributed by atoms with Crippen LogP contribution < -0.4 is 16.4 Å². The van der Waals surface area contributed by atoms with Gasteiger partial charge in [-0.15, -0.1) is 0 Å². The van der Waals surface area contributed by atoms with Crippen LogP contribution in [0.3, 0.4) is 0 Å². The number of nitrogens with two attached hydrogens (primary N) is 1.